The van der Waals surface area contributed by atoms with E-state index in [-0.39, 0.29) is 5.91 Å². The lowest BCUT2D eigenvalue weighted by molar-refractivity contribution is -0.116. The predicted molar refractivity (Wildman–Crippen MR) is 98.4 cm³/mol. The summed E-state index contributed by atoms with van der Waals surface area (Å²) in [5, 5.41) is 12.1. The smallest absolute Gasteiger partial charge is 0.224 e. The molecule has 0 saturated heterocycles. The van der Waals surface area contributed by atoms with Crippen LogP contribution in [0.5, 0.6) is 5.75 Å². The first-order valence-electron chi connectivity index (χ1n) is 7.44. The average Bonchev–Trinajstić information content (AvgIpc) is 2.56. The number of carbonyl (C=O) groups is 1. The summed E-state index contributed by atoms with van der Waals surface area (Å²) in [6.45, 7) is 2.35. The van der Waals surface area contributed by atoms with Gasteiger partial charge in [0.1, 0.15) is 0 Å². The molecule has 1 amide bonds. The molecule has 2 rings (SSSR count). The van der Waals surface area contributed by atoms with E-state index in [1.807, 2.05) is 19.1 Å². The zero-order valence-electron chi connectivity index (χ0n) is 13.1. The van der Waals surface area contributed by atoms with Gasteiger partial charge in [0, 0.05) is 11.4 Å². The lowest BCUT2D eigenvalue weighted by Crippen LogP contribution is -2.13. The van der Waals surface area contributed by atoms with Gasteiger partial charge in [-0.2, -0.15) is 5.26 Å². The van der Waals surface area contributed by atoms with Gasteiger partial charge < -0.3 is 10.1 Å². The van der Waals surface area contributed by atoms with Gasteiger partial charge in [-0.05, 0) is 59.1 Å². The molecule has 2 aromatic rings. The van der Waals surface area contributed by atoms with Gasteiger partial charge in [0.05, 0.1) is 28.4 Å². The van der Waals surface area contributed by atoms with Crippen molar-refractivity contribution in [2.24, 2.45) is 0 Å². The average molecular weight is 408 g/mol. The van der Waals surface area contributed by atoms with Crippen molar-refractivity contribution < 1.29 is 9.53 Å². The third-order valence-electron chi connectivity index (χ3n) is 3.29. The molecule has 0 aliphatic rings. The van der Waals surface area contributed by atoms with Crippen LogP contribution >= 0.6 is 27.5 Å². The van der Waals surface area contributed by atoms with Crippen LogP contribution in [-0.2, 0) is 11.2 Å². The van der Waals surface area contributed by atoms with Crippen LogP contribution in [0.3, 0.4) is 0 Å². The molecule has 1 N–H and O–H groups in total. The highest BCUT2D eigenvalue weighted by molar-refractivity contribution is 9.10. The highest BCUT2D eigenvalue weighted by Crippen LogP contribution is 2.36. The first-order valence-corrected chi connectivity index (χ1v) is 8.61. The normalized spacial score (nSPS) is 10.1. The quantitative estimate of drug-likeness (QED) is 0.737. The molecule has 6 heteroatoms. The van der Waals surface area contributed by atoms with Crippen molar-refractivity contribution in [1.29, 1.82) is 5.26 Å². The van der Waals surface area contributed by atoms with E-state index in [0.29, 0.717) is 45.9 Å². The maximum Gasteiger partial charge on any atom is 0.224 e. The number of carbonyl (C=O) groups excluding carboxylic acids is 1. The van der Waals surface area contributed by atoms with Crippen LogP contribution in [0.2, 0.25) is 5.02 Å². The van der Waals surface area contributed by atoms with E-state index in [1.54, 1.807) is 24.3 Å². The molecular weight excluding hydrogens is 392 g/mol. The number of aryl methyl sites for hydroxylation is 1. The molecule has 0 heterocycles. The van der Waals surface area contributed by atoms with Gasteiger partial charge in [0.15, 0.2) is 5.75 Å². The van der Waals surface area contributed by atoms with Crippen molar-refractivity contribution >= 4 is 39.1 Å². The summed E-state index contributed by atoms with van der Waals surface area (Å²) < 4.78 is 6.25. The molecule has 0 aromatic heterocycles. The highest BCUT2D eigenvalue weighted by atomic mass is 79.9. The van der Waals surface area contributed by atoms with E-state index in [2.05, 4.69) is 27.3 Å². The maximum atomic E-state index is 12.2. The summed E-state index contributed by atoms with van der Waals surface area (Å²) in [6.07, 6.45) is 0.908. The van der Waals surface area contributed by atoms with Crippen LogP contribution in [0, 0.1) is 11.3 Å². The van der Waals surface area contributed by atoms with Crippen molar-refractivity contribution in [2.45, 2.75) is 19.8 Å². The Hall–Kier alpha value is -2.03. The maximum absolute atomic E-state index is 12.2. The van der Waals surface area contributed by atoms with Gasteiger partial charge in [-0.25, -0.2) is 0 Å². The number of anilines is 1. The number of nitrogens with zero attached hydrogens (tertiary/aromatic N) is 1. The molecule has 2 aromatic carbocycles. The van der Waals surface area contributed by atoms with Crippen molar-refractivity contribution in [2.75, 3.05) is 11.9 Å². The fourth-order valence-electron chi connectivity index (χ4n) is 2.16. The first-order chi connectivity index (χ1) is 11.5. The van der Waals surface area contributed by atoms with Crippen molar-refractivity contribution in [3.05, 3.63) is 57.0 Å². The second kappa shape index (κ2) is 8.72. The number of rotatable bonds is 6. The van der Waals surface area contributed by atoms with Crippen molar-refractivity contribution in [1.82, 2.24) is 0 Å². The van der Waals surface area contributed by atoms with E-state index < -0.39 is 0 Å². The molecule has 0 radical (unpaired) electrons. The highest BCUT2D eigenvalue weighted by Gasteiger charge is 2.13. The van der Waals surface area contributed by atoms with Crippen LogP contribution in [0.25, 0.3) is 0 Å². The van der Waals surface area contributed by atoms with Gasteiger partial charge in [-0.3, -0.25) is 4.79 Å². The van der Waals surface area contributed by atoms with E-state index in [1.165, 1.54) is 0 Å². The Bertz CT molecular complexity index is 770. The van der Waals surface area contributed by atoms with Crippen LogP contribution in [0.1, 0.15) is 24.5 Å². The summed E-state index contributed by atoms with van der Waals surface area (Å²) >= 11 is 9.44. The summed E-state index contributed by atoms with van der Waals surface area (Å²) in [5.41, 5.74) is 2.15. The van der Waals surface area contributed by atoms with Crippen molar-refractivity contribution in [3.63, 3.8) is 0 Å². The molecule has 0 spiro atoms. The predicted octanol–water partition coefficient (Wildman–Crippen LogP) is 4.94. The van der Waals surface area contributed by atoms with Crippen LogP contribution < -0.4 is 10.1 Å². The molecule has 24 heavy (non-hydrogen) atoms. The standard InChI is InChI=1S/C18H16BrClN2O2/c1-2-24-18-15(19)9-14(20)10-16(18)22-17(23)8-7-12-3-5-13(11-21)6-4-12/h3-6,9-10H,2,7-8H2,1H3,(H,22,23). The molecule has 0 aliphatic carbocycles. The van der Waals surface area contributed by atoms with Crippen LogP contribution in [-0.4, -0.2) is 12.5 Å². The van der Waals surface area contributed by atoms with Crippen LogP contribution in [0.4, 0.5) is 5.69 Å². The number of hydrogen-bond acceptors (Lipinski definition) is 3. The number of amides is 1. The zero-order valence-corrected chi connectivity index (χ0v) is 15.4. The SMILES string of the molecule is CCOc1c(Br)cc(Cl)cc1NC(=O)CCc1ccc(C#N)cc1. The molecule has 0 atom stereocenters. The molecule has 0 saturated carbocycles. The minimum Gasteiger partial charge on any atom is -0.491 e. The lowest BCUT2D eigenvalue weighted by atomic mass is 10.1. The molecule has 0 fully saturated rings. The topological polar surface area (TPSA) is 62.1 Å². The Morgan fingerprint density at radius 2 is 2.04 bits per heavy atom. The molecule has 4 nitrogen and oxygen atoms in total. The summed E-state index contributed by atoms with van der Waals surface area (Å²) in [5.74, 6) is 0.433. The Balaban J connectivity index is 2.02. The van der Waals surface area contributed by atoms with Gasteiger partial charge in [0.25, 0.3) is 0 Å². The Morgan fingerprint density at radius 1 is 1.33 bits per heavy atom. The van der Waals surface area contributed by atoms with Gasteiger partial charge in [-0.15, -0.1) is 0 Å². The van der Waals surface area contributed by atoms with Gasteiger partial charge >= 0.3 is 0 Å². The summed E-state index contributed by atoms with van der Waals surface area (Å²) in [6, 6.07) is 12.7. The number of halogens is 2. The molecular formula is C18H16BrClN2O2. The van der Waals surface area contributed by atoms with Gasteiger partial charge in [0.2, 0.25) is 5.91 Å². The summed E-state index contributed by atoms with van der Waals surface area (Å²) in [4.78, 5) is 12.2. The Morgan fingerprint density at radius 3 is 2.67 bits per heavy atom. The summed E-state index contributed by atoms with van der Waals surface area (Å²) in [7, 11) is 0. The molecule has 0 bridgehead atoms. The van der Waals surface area contributed by atoms with Gasteiger partial charge in [-0.1, -0.05) is 23.7 Å². The van der Waals surface area contributed by atoms with E-state index in [9.17, 15) is 4.79 Å². The Kier molecular flexibility index (Phi) is 6.65. The zero-order chi connectivity index (χ0) is 17.5. The van der Waals surface area contributed by atoms with E-state index in [0.717, 1.165) is 5.56 Å². The third-order valence-corrected chi connectivity index (χ3v) is 4.10. The monoisotopic (exact) mass is 406 g/mol. The number of hydrogen-bond donors (Lipinski definition) is 1. The second-order valence-corrected chi connectivity index (χ2v) is 6.34. The first kappa shape index (κ1) is 18.3. The fourth-order valence-corrected chi connectivity index (χ4v) is 3.09. The molecule has 124 valence electrons. The fraction of sp³-hybridized carbons (Fsp3) is 0.222. The number of ether oxygens (including phenoxy) is 1. The lowest BCUT2D eigenvalue weighted by Gasteiger charge is -2.14. The third kappa shape index (κ3) is 4.98. The second-order valence-electron chi connectivity index (χ2n) is 5.05. The minimum atomic E-state index is -0.130. The van der Waals surface area contributed by atoms with E-state index in [4.69, 9.17) is 21.6 Å². The van der Waals surface area contributed by atoms with E-state index >= 15 is 0 Å². The Labute approximate surface area is 154 Å². The molecule has 0 aliphatic heterocycles. The van der Waals surface area contributed by atoms with Crippen LogP contribution in [0.15, 0.2) is 40.9 Å². The number of nitrogens with one attached hydrogen (secondary N) is 1. The number of nitriles is 1. The van der Waals surface area contributed by atoms with Crippen molar-refractivity contribution in [3.8, 4) is 11.8 Å². The largest absolute Gasteiger partial charge is 0.491 e. The minimum absolute atomic E-state index is 0.130. The number of benzene rings is 2. The molecule has 0 unspecified atom stereocenters.